The Morgan fingerprint density at radius 1 is 1.32 bits per heavy atom. The van der Waals surface area contributed by atoms with Crippen LogP contribution in [0.5, 0.6) is 0 Å². The molecule has 0 fully saturated rings. The molecule has 1 amide bonds. The highest BCUT2D eigenvalue weighted by Gasteiger charge is 2.28. The van der Waals surface area contributed by atoms with Crippen molar-refractivity contribution in [2.75, 3.05) is 6.54 Å². The minimum atomic E-state index is -4.48. The number of hydrogen-bond acceptors (Lipinski definition) is 3. The highest BCUT2D eigenvalue weighted by Crippen LogP contribution is 2.28. The van der Waals surface area contributed by atoms with Gasteiger partial charge in [0.2, 0.25) is 0 Å². The Balaban J connectivity index is 1.97. The van der Waals surface area contributed by atoms with E-state index in [2.05, 4.69) is 9.97 Å². The normalized spacial score (nSPS) is 11.7. The van der Waals surface area contributed by atoms with Crippen molar-refractivity contribution in [3.8, 4) is 11.4 Å². The number of halogens is 4. The third-order valence-corrected chi connectivity index (χ3v) is 3.86. The minimum absolute atomic E-state index is 0.000517. The van der Waals surface area contributed by atoms with Crippen molar-refractivity contribution in [2.24, 2.45) is 7.05 Å². The topological polar surface area (TPSA) is 59.8 Å². The van der Waals surface area contributed by atoms with Gasteiger partial charge in [-0.1, -0.05) is 23.7 Å². The number of imidazole rings is 1. The maximum absolute atomic E-state index is 12.2. The zero-order valence-corrected chi connectivity index (χ0v) is 13.7. The minimum Gasteiger partial charge on any atom is -0.343 e. The van der Waals surface area contributed by atoms with Gasteiger partial charge in [0.05, 0.1) is 10.6 Å². The summed E-state index contributed by atoms with van der Waals surface area (Å²) in [6.07, 6.45) is -3.26. The SMILES string of the molecule is Cn1c(-c2ccccc2Cl)nc2cc(C(=O)NCC(F)(F)F)cnc21. The number of aromatic nitrogens is 3. The number of rotatable bonds is 3. The van der Waals surface area contributed by atoms with Gasteiger partial charge >= 0.3 is 6.18 Å². The third-order valence-electron chi connectivity index (χ3n) is 3.54. The average molecular weight is 369 g/mol. The fraction of sp³-hybridized carbons (Fsp3) is 0.188. The smallest absolute Gasteiger partial charge is 0.343 e. The molecule has 0 bridgehead atoms. The van der Waals surface area contributed by atoms with Gasteiger partial charge in [0.25, 0.3) is 5.91 Å². The van der Waals surface area contributed by atoms with E-state index in [0.29, 0.717) is 27.6 Å². The predicted octanol–water partition coefficient (Wildman–Crippen LogP) is 3.58. The van der Waals surface area contributed by atoms with Gasteiger partial charge in [0.15, 0.2) is 5.65 Å². The highest BCUT2D eigenvalue weighted by atomic mass is 35.5. The second-order valence-electron chi connectivity index (χ2n) is 5.34. The third kappa shape index (κ3) is 3.58. The van der Waals surface area contributed by atoms with Gasteiger partial charge in [-0.2, -0.15) is 13.2 Å². The van der Waals surface area contributed by atoms with E-state index in [1.165, 1.54) is 12.3 Å². The average Bonchev–Trinajstić information content (AvgIpc) is 2.88. The number of carbonyl (C=O) groups excluding carboxylic acids is 1. The number of nitrogens with one attached hydrogen (secondary N) is 1. The highest BCUT2D eigenvalue weighted by molar-refractivity contribution is 6.33. The summed E-state index contributed by atoms with van der Waals surface area (Å²) in [5.41, 5.74) is 1.56. The fourth-order valence-electron chi connectivity index (χ4n) is 2.37. The summed E-state index contributed by atoms with van der Waals surface area (Å²) < 4.78 is 38.3. The predicted molar refractivity (Wildman–Crippen MR) is 87.3 cm³/mol. The second kappa shape index (κ2) is 6.36. The van der Waals surface area contributed by atoms with Crippen LogP contribution in [0.25, 0.3) is 22.6 Å². The molecule has 5 nitrogen and oxygen atoms in total. The van der Waals surface area contributed by atoms with Crippen LogP contribution in [0.4, 0.5) is 13.2 Å². The molecule has 0 radical (unpaired) electrons. The molecule has 2 heterocycles. The van der Waals surface area contributed by atoms with Crippen LogP contribution in [-0.2, 0) is 7.05 Å². The van der Waals surface area contributed by atoms with Crippen molar-refractivity contribution in [1.82, 2.24) is 19.9 Å². The number of benzene rings is 1. The Bertz CT molecular complexity index is 952. The summed E-state index contributed by atoms with van der Waals surface area (Å²) in [6.45, 7) is -1.41. The van der Waals surface area contributed by atoms with E-state index in [-0.39, 0.29) is 5.56 Å². The Morgan fingerprint density at radius 3 is 2.72 bits per heavy atom. The summed E-state index contributed by atoms with van der Waals surface area (Å²) in [4.78, 5) is 20.4. The molecule has 130 valence electrons. The van der Waals surface area contributed by atoms with Crippen molar-refractivity contribution in [2.45, 2.75) is 6.18 Å². The molecule has 0 aliphatic rings. The molecule has 0 unspecified atom stereocenters. The zero-order valence-electron chi connectivity index (χ0n) is 12.9. The van der Waals surface area contributed by atoms with E-state index in [1.807, 2.05) is 6.07 Å². The molecule has 0 aliphatic heterocycles. The van der Waals surface area contributed by atoms with Gasteiger partial charge in [-0.25, -0.2) is 9.97 Å². The summed E-state index contributed by atoms with van der Waals surface area (Å²) in [5, 5.41) is 2.31. The molecular formula is C16H12ClF3N4O. The second-order valence-corrected chi connectivity index (χ2v) is 5.75. The first kappa shape index (κ1) is 17.2. The first-order valence-electron chi connectivity index (χ1n) is 7.18. The Morgan fingerprint density at radius 2 is 2.04 bits per heavy atom. The van der Waals surface area contributed by atoms with Crippen LogP contribution in [0.2, 0.25) is 5.02 Å². The van der Waals surface area contributed by atoms with Crippen LogP contribution in [0, 0.1) is 0 Å². The number of aryl methyl sites for hydroxylation is 1. The largest absolute Gasteiger partial charge is 0.405 e. The molecule has 3 aromatic rings. The van der Waals surface area contributed by atoms with Gasteiger partial charge in [-0.3, -0.25) is 4.79 Å². The standard InChI is InChI=1S/C16H12ClF3N4O/c1-24-13(10-4-2-3-5-11(10)17)23-12-6-9(7-21-14(12)24)15(25)22-8-16(18,19)20/h2-7H,8H2,1H3,(H,22,25). The van der Waals surface area contributed by atoms with Crippen molar-refractivity contribution < 1.29 is 18.0 Å². The number of nitrogens with zero attached hydrogens (tertiary/aromatic N) is 3. The van der Waals surface area contributed by atoms with E-state index in [1.54, 1.807) is 35.1 Å². The fourth-order valence-corrected chi connectivity index (χ4v) is 2.59. The Labute approximate surface area is 145 Å². The summed E-state index contributed by atoms with van der Waals surface area (Å²) in [5.74, 6) is -0.322. The lowest BCUT2D eigenvalue weighted by Crippen LogP contribution is -2.33. The number of amides is 1. The molecule has 1 aromatic carbocycles. The molecule has 3 rings (SSSR count). The van der Waals surface area contributed by atoms with Crippen LogP contribution >= 0.6 is 11.6 Å². The lowest BCUT2D eigenvalue weighted by Gasteiger charge is -2.08. The van der Waals surface area contributed by atoms with Crippen molar-refractivity contribution in [3.63, 3.8) is 0 Å². The van der Waals surface area contributed by atoms with Gasteiger partial charge < -0.3 is 9.88 Å². The van der Waals surface area contributed by atoms with E-state index in [0.717, 1.165) is 0 Å². The van der Waals surface area contributed by atoms with Gasteiger partial charge in [-0.05, 0) is 18.2 Å². The zero-order chi connectivity index (χ0) is 18.2. The molecule has 1 N–H and O–H groups in total. The number of fused-ring (bicyclic) bond motifs is 1. The molecule has 0 atom stereocenters. The number of alkyl halides is 3. The van der Waals surface area contributed by atoms with Crippen LogP contribution < -0.4 is 5.32 Å². The Kier molecular flexibility index (Phi) is 4.38. The Hall–Kier alpha value is -2.61. The van der Waals surface area contributed by atoms with Gasteiger partial charge in [0, 0.05) is 18.8 Å². The number of pyridine rings is 1. The monoisotopic (exact) mass is 368 g/mol. The molecular weight excluding hydrogens is 357 g/mol. The van der Waals surface area contributed by atoms with E-state index < -0.39 is 18.6 Å². The summed E-state index contributed by atoms with van der Waals surface area (Å²) >= 11 is 6.18. The van der Waals surface area contributed by atoms with Crippen LogP contribution in [0.15, 0.2) is 36.5 Å². The molecule has 0 saturated heterocycles. The van der Waals surface area contributed by atoms with Crippen molar-refractivity contribution >= 4 is 28.7 Å². The summed E-state index contributed by atoms with van der Waals surface area (Å²) in [6, 6.07) is 8.51. The molecule has 2 aromatic heterocycles. The van der Waals surface area contributed by atoms with Crippen LogP contribution in [0.1, 0.15) is 10.4 Å². The number of hydrogen-bond donors (Lipinski definition) is 1. The molecule has 0 spiro atoms. The maximum atomic E-state index is 12.2. The quantitative estimate of drug-likeness (QED) is 0.768. The van der Waals surface area contributed by atoms with E-state index >= 15 is 0 Å². The van der Waals surface area contributed by atoms with Gasteiger partial charge in [0.1, 0.15) is 17.9 Å². The molecule has 0 aliphatic carbocycles. The molecule has 9 heteroatoms. The number of carbonyl (C=O) groups is 1. The van der Waals surface area contributed by atoms with Crippen molar-refractivity contribution in [1.29, 1.82) is 0 Å². The van der Waals surface area contributed by atoms with Crippen LogP contribution in [-0.4, -0.2) is 33.2 Å². The molecule has 25 heavy (non-hydrogen) atoms. The lowest BCUT2D eigenvalue weighted by molar-refractivity contribution is -0.123. The first-order valence-corrected chi connectivity index (χ1v) is 7.56. The van der Waals surface area contributed by atoms with Crippen molar-refractivity contribution in [3.05, 3.63) is 47.1 Å². The van der Waals surface area contributed by atoms with E-state index in [9.17, 15) is 18.0 Å². The van der Waals surface area contributed by atoms with Crippen LogP contribution in [0.3, 0.4) is 0 Å². The summed E-state index contributed by atoms with van der Waals surface area (Å²) in [7, 11) is 1.74. The first-order chi connectivity index (χ1) is 11.8. The molecule has 0 saturated carbocycles. The van der Waals surface area contributed by atoms with E-state index in [4.69, 9.17) is 11.6 Å². The van der Waals surface area contributed by atoms with Gasteiger partial charge in [-0.15, -0.1) is 0 Å². The maximum Gasteiger partial charge on any atom is 0.405 e. The lowest BCUT2D eigenvalue weighted by atomic mass is 10.2.